The molecule has 0 saturated carbocycles. The quantitative estimate of drug-likeness (QED) is 0.206. The molecule has 0 spiro atoms. The standard InChI is InChI=1S/C34H34N4O4/c1-2-35-34(40)37-27-12-8-11-26(19-27)33-41-30(20-38-22-36-28-13-6-7-14-29(28)38)31(24-9-4-3-5-10-24)32(42-33)25-17-15-23(21-39)16-18-25/h3-19,22,30-33,39H,2,20-21H2,1H3,(H2,35,37,40). The summed E-state index contributed by atoms with van der Waals surface area (Å²) in [6.07, 6.45) is 0.538. The maximum atomic E-state index is 12.2. The van der Waals surface area contributed by atoms with Crippen LogP contribution in [0.15, 0.2) is 109 Å². The lowest BCUT2D eigenvalue weighted by Gasteiger charge is -2.43. The van der Waals surface area contributed by atoms with E-state index >= 15 is 0 Å². The molecule has 6 rings (SSSR count). The van der Waals surface area contributed by atoms with E-state index in [1.165, 1.54) is 0 Å². The fraction of sp³-hybridized carbons (Fsp3) is 0.235. The van der Waals surface area contributed by atoms with Gasteiger partial charge in [-0.15, -0.1) is 0 Å². The van der Waals surface area contributed by atoms with Crippen LogP contribution in [0.25, 0.3) is 11.0 Å². The van der Waals surface area contributed by atoms with E-state index in [-0.39, 0.29) is 30.8 Å². The molecule has 1 aliphatic rings. The summed E-state index contributed by atoms with van der Waals surface area (Å²) in [5.74, 6) is -0.139. The molecule has 1 fully saturated rings. The van der Waals surface area contributed by atoms with E-state index < -0.39 is 6.29 Å². The normalized spacial score (nSPS) is 20.3. The molecule has 8 heteroatoms. The number of ether oxygens (including phenoxy) is 2. The van der Waals surface area contributed by atoms with E-state index in [0.29, 0.717) is 18.8 Å². The Kier molecular flexibility index (Phi) is 8.28. The van der Waals surface area contributed by atoms with Crippen LogP contribution >= 0.6 is 0 Å². The van der Waals surface area contributed by atoms with Crippen molar-refractivity contribution in [3.63, 3.8) is 0 Å². The minimum atomic E-state index is -0.691. The number of amides is 2. The van der Waals surface area contributed by atoms with E-state index in [9.17, 15) is 9.90 Å². The second-order valence-electron chi connectivity index (χ2n) is 10.4. The number of aliphatic hydroxyl groups excluding tert-OH is 1. The molecule has 1 aromatic heterocycles. The summed E-state index contributed by atoms with van der Waals surface area (Å²) in [7, 11) is 0. The molecule has 0 aliphatic carbocycles. The number of aliphatic hydroxyl groups is 1. The highest BCUT2D eigenvalue weighted by atomic mass is 16.7. The number of rotatable bonds is 8. The van der Waals surface area contributed by atoms with E-state index in [1.54, 1.807) is 0 Å². The van der Waals surface area contributed by atoms with Crippen molar-refractivity contribution >= 4 is 22.8 Å². The van der Waals surface area contributed by atoms with Crippen LogP contribution in [0.5, 0.6) is 0 Å². The molecule has 4 aromatic carbocycles. The Labute approximate surface area is 244 Å². The molecule has 214 valence electrons. The van der Waals surface area contributed by atoms with Crippen molar-refractivity contribution in [3.05, 3.63) is 132 Å². The number of anilines is 1. The van der Waals surface area contributed by atoms with Gasteiger partial charge in [0.1, 0.15) is 0 Å². The number of urea groups is 1. The summed E-state index contributed by atoms with van der Waals surface area (Å²) >= 11 is 0. The minimum Gasteiger partial charge on any atom is -0.392 e. The van der Waals surface area contributed by atoms with Crippen molar-refractivity contribution in [2.75, 3.05) is 11.9 Å². The number of benzene rings is 4. The fourth-order valence-electron chi connectivity index (χ4n) is 5.61. The van der Waals surface area contributed by atoms with E-state index in [0.717, 1.165) is 33.3 Å². The summed E-state index contributed by atoms with van der Waals surface area (Å²) < 4.78 is 15.8. The Morgan fingerprint density at radius 1 is 0.881 bits per heavy atom. The Bertz CT molecular complexity index is 1640. The van der Waals surface area contributed by atoms with Gasteiger partial charge in [-0.25, -0.2) is 9.78 Å². The number of nitrogens with one attached hydrogen (secondary N) is 2. The molecule has 42 heavy (non-hydrogen) atoms. The zero-order chi connectivity index (χ0) is 28.9. The van der Waals surface area contributed by atoms with Crippen molar-refractivity contribution in [3.8, 4) is 0 Å². The van der Waals surface area contributed by atoms with Gasteiger partial charge >= 0.3 is 6.03 Å². The lowest BCUT2D eigenvalue weighted by Crippen LogP contribution is -2.39. The van der Waals surface area contributed by atoms with E-state index in [2.05, 4.69) is 38.4 Å². The van der Waals surface area contributed by atoms with Crippen molar-refractivity contribution in [2.24, 2.45) is 0 Å². The second-order valence-corrected chi connectivity index (χ2v) is 10.4. The van der Waals surface area contributed by atoms with Crippen LogP contribution in [-0.4, -0.2) is 33.3 Å². The van der Waals surface area contributed by atoms with Crippen LogP contribution in [0.1, 0.15) is 47.5 Å². The topological polar surface area (TPSA) is 97.6 Å². The smallest absolute Gasteiger partial charge is 0.319 e. The van der Waals surface area contributed by atoms with Crippen LogP contribution in [0.3, 0.4) is 0 Å². The first-order valence-electron chi connectivity index (χ1n) is 14.2. The molecule has 0 bridgehead atoms. The predicted molar refractivity (Wildman–Crippen MR) is 162 cm³/mol. The van der Waals surface area contributed by atoms with Gasteiger partial charge in [-0.3, -0.25) is 0 Å². The number of carbonyl (C=O) groups excluding carboxylic acids is 1. The van der Waals surface area contributed by atoms with Crippen molar-refractivity contribution in [1.82, 2.24) is 14.9 Å². The van der Waals surface area contributed by atoms with Gasteiger partial charge in [0.25, 0.3) is 0 Å². The summed E-state index contributed by atoms with van der Waals surface area (Å²) in [6.45, 7) is 2.94. The number of hydrogen-bond donors (Lipinski definition) is 3. The van der Waals surface area contributed by atoms with Gasteiger partial charge in [-0.1, -0.05) is 78.9 Å². The van der Waals surface area contributed by atoms with Gasteiger partial charge in [0, 0.05) is 23.7 Å². The molecule has 4 unspecified atom stereocenters. The summed E-state index contributed by atoms with van der Waals surface area (Å²) in [5, 5.41) is 15.3. The monoisotopic (exact) mass is 562 g/mol. The number of aromatic nitrogens is 2. The number of imidazole rings is 1. The van der Waals surface area contributed by atoms with Gasteiger partial charge in [-0.2, -0.15) is 0 Å². The third-order valence-electron chi connectivity index (χ3n) is 7.63. The van der Waals surface area contributed by atoms with Crippen molar-refractivity contribution < 1.29 is 19.4 Å². The molecule has 2 amide bonds. The molecule has 0 radical (unpaired) electrons. The Balaban J connectivity index is 1.41. The largest absolute Gasteiger partial charge is 0.392 e. The zero-order valence-corrected chi connectivity index (χ0v) is 23.4. The van der Waals surface area contributed by atoms with Crippen LogP contribution in [0.2, 0.25) is 0 Å². The molecule has 1 aliphatic heterocycles. The first-order valence-corrected chi connectivity index (χ1v) is 14.2. The SMILES string of the molecule is CCNC(=O)Nc1cccc(C2OC(Cn3cnc4ccccc43)C(c3ccccc3)C(c3ccc(CO)cc3)O2)c1. The molecular weight excluding hydrogens is 528 g/mol. The molecule has 4 atom stereocenters. The Morgan fingerprint density at radius 2 is 1.64 bits per heavy atom. The molecule has 2 heterocycles. The first kappa shape index (κ1) is 27.7. The lowest BCUT2D eigenvalue weighted by atomic mass is 9.83. The van der Waals surface area contributed by atoms with Crippen LogP contribution in [0.4, 0.5) is 10.5 Å². The van der Waals surface area contributed by atoms with Gasteiger partial charge in [0.15, 0.2) is 6.29 Å². The summed E-state index contributed by atoms with van der Waals surface area (Å²) in [4.78, 5) is 16.8. The maximum Gasteiger partial charge on any atom is 0.319 e. The van der Waals surface area contributed by atoms with Gasteiger partial charge in [0.2, 0.25) is 0 Å². The highest BCUT2D eigenvalue weighted by Crippen LogP contribution is 2.47. The number of para-hydroxylation sites is 2. The van der Waals surface area contributed by atoms with Crippen molar-refractivity contribution in [2.45, 2.75) is 44.5 Å². The predicted octanol–water partition coefficient (Wildman–Crippen LogP) is 6.31. The van der Waals surface area contributed by atoms with Gasteiger partial charge in [-0.05, 0) is 47.9 Å². The van der Waals surface area contributed by atoms with Gasteiger partial charge in [0.05, 0.1) is 42.7 Å². The molecule has 8 nitrogen and oxygen atoms in total. The molecule has 3 N–H and O–H groups in total. The minimum absolute atomic E-state index is 0.0264. The molecular formula is C34H34N4O4. The number of hydrogen-bond acceptors (Lipinski definition) is 5. The van der Waals surface area contributed by atoms with E-state index in [1.807, 2.05) is 98.2 Å². The zero-order valence-electron chi connectivity index (χ0n) is 23.4. The average molecular weight is 563 g/mol. The number of nitrogens with zero attached hydrogens (tertiary/aromatic N) is 2. The van der Waals surface area contributed by atoms with Gasteiger partial charge < -0.3 is 29.8 Å². The second kappa shape index (κ2) is 12.6. The highest BCUT2D eigenvalue weighted by molar-refractivity contribution is 5.89. The lowest BCUT2D eigenvalue weighted by molar-refractivity contribution is -0.263. The number of carbonyl (C=O) groups is 1. The summed E-state index contributed by atoms with van der Waals surface area (Å²) in [6, 6.07) is 33.6. The Morgan fingerprint density at radius 3 is 2.43 bits per heavy atom. The maximum absolute atomic E-state index is 12.2. The van der Waals surface area contributed by atoms with Crippen LogP contribution < -0.4 is 10.6 Å². The molecule has 1 saturated heterocycles. The van der Waals surface area contributed by atoms with Crippen LogP contribution in [0, 0.1) is 0 Å². The summed E-state index contributed by atoms with van der Waals surface area (Å²) in [5.41, 5.74) is 6.35. The third-order valence-corrected chi connectivity index (χ3v) is 7.63. The molecule has 5 aromatic rings. The first-order chi connectivity index (χ1) is 20.6. The average Bonchev–Trinajstić information content (AvgIpc) is 3.44. The number of fused-ring (bicyclic) bond motifs is 1. The highest BCUT2D eigenvalue weighted by Gasteiger charge is 2.42. The third kappa shape index (κ3) is 5.92. The van der Waals surface area contributed by atoms with Crippen LogP contribution in [-0.2, 0) is 22.6 Å². The van der Waals surface area contributed by atoms with E-state index in [4.69, 9.17) is 9.47 Å². The van der Waals surface area contributed by atoms with Crippen molar-refractivity contribution in [1.29, 1.82) is 0 Å². The Hall–Kier alpha value is -4.50. The fourth-order valence-corrected chi connectivity index (χ4v) is 5.61.